The molecule has 0 aliphatic heterocycles. The maximum Gasteiger partial charge on any atom is 0.273 e. The zero-order valence-corrected chi connectivity index (χ0v) is 23.7. The summed E-state index contributed by atoms with van der Waals surface area (Å²) in [5.41, 5.74) is 4.68. The van der Waals surface area contributed by atoms with Crippen molar-refractivity contribution in [3.05, 3.63) is 65.1 Å². The number of nitrogens with zero attached hydrogens (tertiary/aromatic N) is 5. The van der Waals surface area contributed by atoms with Crippen LogP contribution in [0.4, 0.5) is 0 Å². The molecule has 2 heterocycles. The summed E-state index contributed by atoms with van der Waals surface area (Å²) in [7, 11) is 3.68. The number of fused-ring (bicyclic) bond motifs is 1. The Bertz CT molecular complexity index is 1460. The third kappa shape index (κ3) is 6.20. The lowest BCUT2D eigenvalue weighted by atomic mass is 9.99. The summed E-state index contributed by atoms with van der Waals surface area (Å²) in [5, 5.41) is 18.2. The van der Waals surface area contributed by atoms with Crippen LogP contribution >= 0.6 is 0 Å². The van der Waals surface area contributed by atoms with Crippen molar-refractivity contribution in [2.24, 2.45) is 0 Å². The minimum Gasteiger partial charge on any atom is -0.508 e. The number of aromatic hydroxyl groups is 1. The summed E-state index contributed by atoms with van der Waals surface area (Å²) in [5.74, 6) is 1.31. The van der Waals surface area contributed by atoms with Crippen molar-refractivity contribution in [1.82, 2.24) is 30.0 Å². The first-order chi connectivity index (χ1) is 18.7. The van der Waals surface area contributed by atoms with Crippen LogP contribution in [0.15, 0.2) is 42.6 Å². The topological polar surface area (TPSA) is 105 Å². The first-order valence-electron chi connectivity index (χ1n) is 13.4. The average molecular weight is 531 g/mol. The molecule has 9 heteroatoms. The number of hydrogen-bond donors (Lipinski definition) is 2. The fraction of sp³-hybridized carbons (Fsp3) is 0.400. The predicted octanol–water partition coefficient (Wildman–Crippen LogP) is 4.91. The van der Waals surface area contributed by atoms with Crippen molar-refractivity contribution in [2.75, 3.05) is 27.2 Å². The standard InChI is InChI=1S/C30H38N6O3/c1-7-36-20(4)22(17-32-36)18-35(6)30(38)28-25-16-23(37)10-11-26(25)33-29(34-28)21-9-12-27(24(15-21)19(2)3)39-14-8-13-31-5/h9-12,15-17,19,31,37H,7-8,13-14,18H2,1-6H3. The van der Waals surface area contributed by atoms with Gasteiger partial charge in [-0.25, -0.2) is 9.97 Å². The van der Waals surface area contributed by atoms with E-state index in [1.807, 2.05) is 43.8 Å². The zero-order valence-electron chi connectivity index (χ0n) is 23.7. The zero-order chi connectivity index (χ0) is 28.1. The van der Waals surface area contributed by atoms with Gasteiger partial charge in [-0.05, 0) is 81.7 Å². The number of phenolic OH excluding ortho intramolecular Hbond substituents is 1. The van der Waals surface area contributed by atoms with Crippen LogP contribution in [-0.4, -0.2) is 62.9 Å². The summed E-state index contributed by atoms with van der Waals surface area (Å²) in [6.07, 6.45) is 2.71. The lowest BCUT2D eigenvalue weighted by Gasteiger charge is -2.19. The van der Waals surface area contributed by atoms with E-state index >= 15 is 0 Å². The number of carbonyl (C=O) groups excluding carboxylic acids is 1. The smallest absolute Gasteiger partial charge is 0.273 e. The van der Waals surface area contributed by atoms with E-state index in [0.29, 0.717) is 29.9 Å². The Morgan fingerprint density at radius 1 is 1.18 bits per heavy atom. The second kappa shape index (κ2) is 12.3. The van der Waals surface area contributed by atoms with E-state index in [-0.39, 0.29) is 23.3 Å². The van der Waals surface area contributed by atoms with Gasteiger partial charge in [-0.1, -0.05) is 13.8 Å². The summed E-state index contributed by atoms with van der Waals surface area (Å²) in [4.78, 5) is 24.9. The van der Waals surface area contributed by atoms with Gasteiger partial charge in [0.2, 0.25) is 0 Å². The van der Waals surface area contributed by atoms with Crippen molar-refractivity contribution in [2.45, 2.75) is 53.1 Å². The number of aromatic nitrogens is 4. The fourth-order valence-corrected chi connectivity index (χ4v) is 4.58. The SMILES string of the molecule is CCn1ncc(CN(C)C(=O)c2nc(-c3ccc(OCCCNC)c(C(C)C)c3)nc3ccc(O)cc23)c1C. The Kier molecular flexibility index (Phi) is 8.81. The van der Waals surface area contributed by atoms with Gasteiger partial charge in [0, 0.05) is 42.3 Å². The summed E-state index contributed by atoms with van der Waals surface area (Å²) in [6.45, 7) is 10.9. The van der Waals surface area contributed by atoms with Gasteiger partial charge in [0.25, 0.3) is 5.91 Å². The molecule has 1 amide bonds. The van der Waals surface area contributed by atoms with Crippen LogP contribution in [0, 0.1) is 6.92 Å². The van der Waals surface area contributed by atoms with E-state index in [9.17, 15) is 9.90 Å². The van der Waals surface area contributed by atoms with Gasteiger partial charge in [-0.3, -0.25) is 9.48 Å². The van der Waals surface area contributed by atoms with Gasteiger partial charge in [0.15, 0.2) is 5.82 Å². The molecule has 0 fully saturated rings. The van der Waals surface area contributed by atoms with E-state index in [1.165, 1.54) is 0 Å². The number of aryl methyl sites for hydroxylation is 1. The van der Waals surface area contributed by atoms with Crippen LogP contribution in [0.3, 0.4) is 0 Å². The Balaban J connectivity index is 1.72. The Labute approximate surface area is 229 Å². The minimum atomic E-state index is -0.258. The third-order valence-corrected chi connectivity index (χ3v) is 6.86. The molecule has 206 valence electrons. The van der Waals surface area contributed by atoms with Crippen LogP contribution in [0.1, 0.15) is 60.4 Å². The first kappa shape index (κ1) is 28.0. The van der Waals surface area contributed by atoms with Crippen LogP contribution < -0.4 is 10.1 Å². The molecule has 0 saturated carbocycles. The molecule has 0 aliphatic rings. The van der Waals surface area contributed by atoms with E-state index in [0.717, 1.165) is 47.6 Å². The number of ether oxygens (including phenoxy) is 1. The number of rotatable bonds is 11. The average Bonchev–Trinajstić information content (AvgIpc) is 3.28. The number of amides is 1. The van der Waals surface area contributed by atoms with Gasteiger partial charge in [-0.15, -0.1) is 0 Å². The van der Waals surface area contributed by atoms with Gasteiger partial charge in [0.1, 0.15) is 17.2 Å². The molecule has 0 unspecified atom stereocenters. The van der Waals surface area contributed by atoms with Crippen molar-refractivity contribution < 1.29 is 14.6 Å². The molecule has 0 saturated heterocycles. The van der Waals surface area contributed by atoms with Crippen molar-refractivity contribution >= 4 is 16.8 Å². The summed E-state index contributed by atoms with van der Waals surface area (Å²) >= 11 is 0. The molecule has 39 heavy (non-hydrogen) atoms. The normalized spacial score (nSPS) is 11.4. The Hall–Kier alpha value is -3.98. The molecular formula is C30H38N6O3. The molecule has 0 bridgehead atoms. The molecular weight excluding hydrogens is 492 g/mol. The monoisotopic (exact) mass is 530 g/mol. The Morgan fingerprint density at radius 3 is 2.67 bits per heavy atom. The van der Waals surface area contributed by atoms with Crippen LogP contribution in [0.2, 0.25) is 0 Å². The summed E-state index contributed by atoms with van der Waals surface area (Å²) < 4.78 is 7.98. The van der Waals surface area contributed by atoms with E-state index in [2.05, 4.69) is 24.3 Å². The molecule has 0 aliphatic carbocycles. The fourth-order valence-electron chi connectivity index (χ4n) is 4.58. The maximum atomic E-state index is 13.7. The molecule has 4 aromatic rings. The van der Waals surface area contributed by atoms with Gasteiger partial charge in [0.05, 0.1) is 18.3 Å². The van der Waals surface area contributed by atoms with Gasteiger partial charge in [-0.2, -0.15) is 5.10 Å². The summed E-state index contributed by atoms with van der Waals surface area (Å²) in [6, 6.07) is 10.8. The molecule has 0 radical (unpaired) electrons. The third-order valence-electron chi connectivity index (χ3n) is 6.86. The number of benzene rings is 2. The minimum absolute atomic E-state index is 0.0532. The van der Waals surface area contributed by atoms with Crippen molar-refractivity contribution in [3.8, 4) is 22.9 Å². The number of hydrogen-bond acceptors (Lipinski definition) is 7. The highest BCUT2D eigenvalue weighted by Gasteiger charge is 2.22. The Morgan fingerprint density at radius 2 is 1.97 bits per heavy atom. The molecule has 0 atom stereocenters. The van der Waals surface area contributed by atoms with E-state index < -0.39 is 0 Å². The van der Waals surface area contributed by atoms with Gasteiger partial charge >= 0.3 is 0 Å². The second-order valence-electron chi connectivity index (χ2n) is 10.0. The van der Waals surface area contributed by atoms with Crippen molar-refractivity contribution in [3.63, 3.8) is 0 Å². The highest BCUT2D eigenvalue weighted by Crippen LogP contribution is 2.32. The van der Waals surface area contributed by atoms with E-state index in [4.69, 9.17) is 14.7 Å². The molecule has 4 rings (SSSR count). The highest BCUT2D eigenvalue weighted by molar-refractivity contribution is 6.05. The molecule has 2 N–H and O–H groups in total. The molecule has 0 spiro atoms. The number of phenols is 1. The van der Waals surface area contributed by atoms with Crippen molar-refractivity contribution in [1.29, 1.82) is 0 Å². The largest absolute Gasteiger partial charge is 0.508 e. The quantitative estimate of drug-likeness (QED) is 0.265. The molecule has 2 aromatic heterocycles. The molecule has 9 nitrogen and oxygen atoms in total. The second-order valence-corrected chi connectivity index (χ2v) is 10.0. The van der Waals surface area contributed by atoms with E-state index in [1.54, 1.807) is 36.3 Å². The lowest BCUT2D eigenvalue weighted by molar-refractivity contribution is 0.0781. The van der Waals surface area contributed by atoms with Crippen LogP contribution in [-0.2, 0) is 13.1 Å². The molecule has 2 aromatic carbocycles. The van der Waals surface area contributed by atoms with Gasteiger partial charge < -0.3 is 20.1 Å². The number of nitrogens with one attached hydrogen (secondary N) is 1. The first-order valence-corrected chi connectivity index (χ1v) is 13.4. The highest BCUT2D eigenvalue weighted by atomic mass is 16.5. The predicted molar refractivity (Wildman–Crippen MR) is 153 cm³/mol. The lowest BCUT2D eigenvalue weighted by Crippen LogP contribution is -2.27. The number of carbonyl (C=O) groups is 1. The van der Waals surface area contributed by atoms with Crippen LogP contribution in [0.25, 0.3) is 22.3 Å². The maximum absolute atomic E-state index is 13.7. The van der Waals surface area contributed by atoms with Crippen LogP contribution in [0.5, 0.6) is 11.5 Å².